The number of benzene rings is 3. The van der Waals surface area contributed by atoms with Crippen LogP contribution >= 0.6 is 11.8 Å². The molecule has 1 saturated heterocycles. The van der Waals surface area contributed by atoms with Crippen molar-refractivity contribution in [3.8, 4) is 5.75 Å². The number of aromatic nitrogens is 1. The van der Waals surface area contributed by atoms with Gasteiger partial charge in [0.05, 0.1) is 10.6 Å². The van der Waals surface area contributed by atoms with Gasteiger partial charge in [0.2, 0.25) is 0 Å². The molecule has 36 heavy (non-hydrogen) atoms. The second kappa shape index (κ2) is 10.5. The van der Waals surface area contributed by atoms with Crippen LogP contribution in [0, 0.1) is 0 Å². The van der Waals surface area contributed by atoms with E-state index in [0.29, 0.717) is 28.8 Å². The summed E-state index contributed by atoms with van der Waals surface area (Å²) < 4.78 is 5.19. The largest absolute Gasteiger partial charge is 0.482 e. The highest BCUT2D eigenvalue weighted by Gasteiger charge is 2.33. The standard InChI is InChI=1S/C28H23N3O4S/c32-26(33)18-35-22-12-10-19(11-13-22)16-25-27(34)31(28(36-25)30-21-6-2-1-3-7-21)15-14-20-17-29-24-9-5-4-8-23(20)24/h1-13,16-17,29H,14-15,18H2,(H,32,33). The van der Waals surface area contributed by atoms with Crippen molar-refractivity contribution >= 4 is 51.5 Å². The van der Waals surface area contributed by atoms with Crippen LogP contribution in [0.25, 0.3) is 17.0 Å². The van der Waals surface area contributed by atoms with E-state index in [4.69, 9.17) is 14.8 Å². The molecule has 1 aliphatic heterocycles. The summed E-state index contributed by atoms with van der Waals surface area (Å²) in [5.41, 5.74) is 3.82. The van der Waals surface area contributed by atoms with E-state index in [1.54, 1.807) is 29.2 Å². The van der Waals surface area contributed by atoms with E-state index >= 15 is 0 Å². The number of hydrogen-bond donors (Lipinski definition) is 2. The van der Waals surface area contributed by atoms with E-state index in [-0.39, 0.29) is 5.91 Å². The number of ether oxygens (including phenoxy) is 1. The lowest BCUT2D eigenvalue weighted by molar-refractivity contribution is -0.139. The lowest BCUT2D eigenvalue weighted by atomic mass is 10.1. The van der Waals surface area contributed by atoms with Crippen molar-refractivity contribution in [2.45, 2.75) is 6.42 Å². The van der Waals surface area contributed by atoms with Gasteiger partial charge in [-0.15, -0.1) is 0 Å². The zero-order valence-corrected chi connectivity index (χ0v) is 20.1. The van der Waals surface area contributed by atoms with Gasteiger partial charge in [0, 0.05) is 23.6 Å². The lowest BCUT2D eigenvalue weighted by Gasteiger charge is -2.15. The zero-order chi connectivity index (χ0) is 24.9. The predicted molar refractivity (Wildman–Crippen MR) is 142 cm³/mol. The zero-order valence-electron chi connectivity index (χ0n) is 19.3. The fraction of sp³-hybridized carbons (Fsp3) is 0.107. The van der Waals surface area contributed by atoms with Crippen LogP contribution < -0.4 is 4.74 Å². The first kappa shape index (κ1) is 23.4. The summed E-state index contributed by atoms with van der Waals surface area (Å²) in [7, 11) is 0. The molecule has 8 heteroatoms. The highest BCUT2D eigenvalue weighted by Crippen LogP contribution is 2.34. The molecule has 1 aliphatic rings. The third-order valence-corrected chi connectivity index (χ3v) is 6.70. The Kier molecular flexibility index (Phi) is 6.86. The average Bonchev–Trinajstić information content (AvgIpc) is 3.43. The number of aliphatic imine (C=N–C) groups is 1. The molecule has 1 amide bonds. The molecule has 3 aromatic carbocycles. The monoisotopic (exact) mass is 497 g/mol. The van der Waals surface area contributed by atoms with Crippen LogP contribution in [0.4, 0.5) is 5.69 Å². The highest BCUT2D eigenvalue weighted by atomic mass is 32.2. The number of nitrogens with zero attached hydrogens (tertiary/aromatic N) is 2. The number of carboxylic acid groups (broad SMARTS) is 1. The fourth-order valence-corrected chi connectivity index (χ4v) is 4.95. The molecule has 1 fully saturated rings. The van der Waals surface area contributed by atoms with Crippen LogP contribution in [0.1, 0.15) is 11.1 Å². The first-order valence-electron chi connectivity index (χ1n) is 11.4. The van der Waals surface area contributed by atoms with Gasteiger partial charge in [-0.1, -0.05) is 48.5 Å². The Morgan fingerprint density at radius 3 is 2.56 bits per heavy atom. The van der Waals surface area contributed by atoms with Crippen molar-refractivity contribution in [1.29, 1.82) is 0 Å². The number of amides is 1. The van der Waals surface area contributed by atoms with Gasteiger partial charge in [0.1, 0.15) is 5.75 Å². The number of carboxylic acids is 1. The fourth-order valence-electron chi connectivity index (χ4n) is 3.93. The molecular weight excluding hydrogens is 474 g/mol. The normalized spacial score (nSPS) is 15.8. The van der Waals surface area contributed by atoms with E-state index < -0.39 is 12.6 Å². The number of para-hydroxylation sites is 2. The second-order valence-corrected chi connectivity index (χ2v) is 9.17. The SMILES string of the molecule is O=C(O)COc1ccc(C=C2SC(=Nc3ccccc3)N(CCc3c[nH]c4ccccc34)C2=O)cc1. The minimum Gasteiger partial charge on any atom is -0.482 e. The molecule has 0 spiro atoms. The van der Waals surface area contributed by atoms with Gasteiger partial charge in [-0.2, -0.15) is 0 Å². The maximum absolute atomic E-state index is 13.4. The van der Waals surface area contributed by atoms with Crippen LogP contribution in [0.2, 0.25) is 0 Å². The molecular formula is C28H23N3O4S. The third kappa shape index (κ3) is 5.34. The number of fused-ring (bicyclic) bond motifs is 1. The van der Waals surface area contributed by atoms with Gasteiger partial charge in [-0.25, -0.2) is 9.79 Å². The van der Waals surface area contributed by atoms with Gasteiger partial charge < -0.3 is 14.8 Å². The maximum Gasteiger partial charge on any atom is 0.341 e. The van der Waals surface area contributed by atoms with E-state index in [2.05, 4.69) is 11.1 Å². The highest BCUT2D eigenvalue weighted by molar-refractivity contribution is 8.18. The molecule has 0 saturated carbocycles. The Labute approximate surface area is 212 Å². The Bertz CT molecular complexity index is 1460. The summed E-state index contributed by atoms with van der Waals surface area (Å²) in [4.78, 5) is 34.5. The van der Waals surface area contributed by atoms with Gasteiger partial charge in [-0.3, -0.25) is 9.69 Å². The first-order chi connectivity index (χ1) is 17.6. The molecule has 0 atom stereocenters. The van der Waals surface area contributed by atoms with E-state index in [9.17, 15) is 9.59 Å². The van der Waals surface area contributed by atoms with Crippen LogP contribution in [0.5, 0.6) is 5.75 Å². The van der Waals surface area contributed by atoms with E-state index in [0.717, 1.165) is 27.7 Å². The first-order valence-corrected chi connectivity index (χ1v) is 12.2. The number of aromatic amines is 1. The van der Waals surface area contributed by atoms with Crippen LogP contribution in [-0.4, -0.2) is 45.2 Å². The summed E-state index contributed by atoms with van der Waals surface area (Å²) in [6, 6.07) is 24.7. The lowest BCUT2D eigenvalue weighted by Crippen LogP contribution is -2.31. The van der Waals surface area contributed by atoms with Crippen LogP contribution in [0.15, 0.2) is 95.0 Å². The minimum absolute atomic E-state index is 0.0965. The number of H-pyrrole nitrogens is 1. The number of amidine groups is 1. The van der Waals surface area contributed by atoms with Crippen molar-refractivity contribution in [1.82, 2.24) is 9.88 Å². The molecule has 2 N–H and O–H groups in total. The Morgan fingerprint density at radius 2 is 1.78 bits per heavy atom. The van der Waals surface area contributed by atoms with Crippen LogP contribution in [0.3, 0.4) is 0 Å². The number of carbonyl (C=O) groups is 2. The van der Waals surface area contributed by atoms with Crippen molar-refractivity contribution in [2.75, 3.05) is 13.2 Å². The van der Waals surface area contributed by atoms with Crippen molar-refractivity contribution < 1.29 is 19.4 Å². The van der Waals surface area contributed by atoms with Crippen molar-refractivity contribution in [2.24, 2.45) is 4.99 Å². The number of carbonyl (C=O) groups excluding carboxylic acids is 1. The molecule has 5 rings (SSSR count). The van der Waals surface area contributed by atoms with Gasteiger partial charge in [0.15, 0.2) is 11.8 Å². The molecule has 0 radical (unpaired) electrons. The van der Waals surface area contributed by atoms with Gasteiger partial charge >= 0.3 is 5.97 Å². The minimum atomic E-state index is -1.04. The quantitative estimate of drug-likeness (QED) is 0.315. The molecule has 0 unspecified atom stereocenters. The molecule has 1 aromatic heterocycles. The number of hydrogen-bond acceptors (Lipinski definition) is 5. The molecule has 7 nitrogen and oxygen atoms in total. The molecule has 0 aliphatic carbocycles. The Balaban J connectivity index is 1.39. The Morgan fingerprint density at radius 1 is 1.03 bits per heavy atom. The summed E-state index contributed by atoms with van der Waals surface area (Å²) >= 11 is 1.35. The molecule has 4 aromatic rings. The van der Waals surface area contributed by atoms with Gasteiger partial charge in [-0.05, 0) is 65.7 Å². The predicted octanol–water partition coefficient (Wildman–Crippen LogP) is 5.48. The van der Waals surface area contributed by atoms with Crippen LogP contribution in [-0.2, 0) is 16.0 Å². The van der Waals surface area contributed by atoms with E-state index in [1.807, 2.05) is 60.8 Å². The maximum atomic E-state index is 13.4. The summed E-state index contributed by atoms with van der Waals surface area (Å²) in [6.07, 6.45) is 4.50. The average molecular weight is 498 g/mol. The number of rotatable bonds is 8. The molecule has 2 heterocycles. The van der Waals surface area contributed by atoms with Gasteiger partial charge in [0.25, 0.3) is 5.91 Å². The number of nitrogens with one attached hydrogen (secondary N) is 1. The second-order valence-electron chi connectivity index (χ2n) is 8.16. The third-order valence-electron chi connectivity index (χ3n) is 5.69. The summed E-state index contributed by atoms with van der Waals surface area (Å²) in [6.45, 7) is 0.0954. The molecule has 0 bridgehead atoms. The van der Waals surface area contributed by atoms with E-state index in [1.165, 1.54) is 11.8 Å². The van der Waals surface area contributed by atoms with Crippen molar-refractivity contribution in [3.63, 3.8) is 0 Å². The number of aliphatic carboxylic acids is 1. The number of thioether (sulfide) groups is 1. The van der Waals surface area contributed by atoms with Crippen molar-refractivity contribution in [3.05, 3.63) is 101 Å². The summed E-state index contributed by atoms with van der Waals surface area (Å²) in [5, 5.41) is 10.6. The topological polar surface area (TPSA) is 95.0 Å². The Hall–Kier alpha value is -4.30. The smallest absolute Gasteiger partial charge is 0.341 e. The summed E-state index contributed by atoms with van der Waals surface area (Å²) in [5.74, 6) is -0.676. The molecule has 180 valence electrons.